The highest BCUT2D eigenvalue weighted by Crippen LogP contribution is 2.28. The third-order valence-electron chi connectivity index (χ3n) is 4.87. The van der Waals surface area contributed by atoms with Crippen molar-refractivity contribution < 1.29 is 19.5 Å². The normalized spacial score (nSPS) is 13.6. The molecular weight excluding hydrogens is 386 g/mol. The Morgan fingerprint density at radius 1 is 1.17 bits per heavy atom. The summed E-state index contributed by atoms with van der Waals surface area (Å²) in [5.41, 5.74) is 7.42. The number of hydrogen-bond donors (Lipinski definition) is 3. The quantitative estimate of drug-likeness (QED) is 0.471. The largest absolute Gasteiger partial charge is 0.481 e. The number of hydrazine groups is 1. The van der Waals surface area contributed by atoms with Crippen molar-refractivity contribution in [3.8, 4) is 0 Å². The lowest BCUT2D eigenvalue weighted by Crippen LogP contribution is -2.50. The molecule has 1 aliphatic rings. The van der Waals surface area contributed by atoms with E-state index in [2.05, 4.69) is 0 Å². The molecule has 9 nitrogen and oxygen atoms in total. The molecule has 0 saturated carbocycles. The monoisotopic (exact) mass is 409 g/mol. The van der Waals surface area contributed by atoms with Gasteiger partial charge in [-0.1, -0.05) is 12.1 Å². The fraction of sp³-hybridized carbons (Fsp3) is 0.238. The number of benzene rings is 2. The number of para-hydroxylation sites is 1. The maximum atomic E-state index is 13.4. The summed E-state index contributed by atoms with van der Waals surface area (Å²) in [7, 11) is 0. The fourth-order valence-electron chi connectivity index (χ4n) is 3.39. The van der Waals surface area contributed by atoms with Crippen molar-refractivity contribution in [3.63, 3.8) is 0 Å². The number of nitrogens with zero attached hydrogens (tertiary/aromatic N) is 3. The van der Waals surface area contributed by atoms with Gasteiger partial charge in [-0.25, -0.2) is 5.01 Å². The molecule has 156 valence electrons. The van der Waals surface area contributed by atoms with Crippen molar-refractivity contribution in [3.05, 3.63) is 59.7 Å². The lowest BCUT2D eigenvalue weighted by molar-refractivity contribution is -0.136. The molecule has 2 aromatic rings. The molecule has 4 N–H and O–H groups in total. The molecule has 0 fully saturated rings. The molecule has 3 rings (SSSR count). The highest BCUT2D eigenvalue weighted by atomic mass is 16.4. The first kappa shape index (κ1) is 20.8. The van der Waals surface area contributed by atoms with Gasteiger partial charge in [0.1, 0.15) is 12.4 Å². The van der Waals surface area contributed by atoms with Crippen LogP contribution in [-0.4, -0.2) is 53.4 Å². The number of nitrogens with two attached hydrogens (primary N) is 1. The zero-order valence-corrected chi connectivity index (χ0v) is 16.5. The summed E-state index contributed by atoms with van der Waals surface area (Å²) in [6, 6.07) is 13.4. The Morgan fingerprint density at radius 2 is 1.83 bits per heavy atom. The van der Waals surface area contributed by atoms with Gasteiger partial charge in [0.05, 0.1) is 29.9 Å². The predicted molar refractivity (Wildman–Crippen MR) is 113 cm³/mol. The van der Waals surface area contributed by atoms with Crippen molar-refractivity contribution in [2.45, 2.75) is 13.3 Å². The summed E-state index contributed by atoms with van der Waals surface area (Å²) >= 11 is 0. The van der Waals surface area contributed by atoms with E-state index in [1.807, 2.05) is 6.92 Å². The zero-order valence-electron chi connectivity index (χ0n) is 16.5. The van der Waals surface area contributed by atoms with Gasteiger partial charge in [0.25, 0.3) is 5.91 Å². The van der Waals surface area contributed by atoms with Gasteiger partial charge in [-0.2, -0.15) is 0 Å². The Kier molecular flexibility index (Phi) is 6.01. The molecule has 30 heavy (non-hydrogen) atoms. The molecule has 2 amide bonds. The molecule has 1 aliphatic heterocycles. The predicted octanol–water partition coefficient (Wildman–Crippen LogP) is 1.68. The number of likely N-dealkylation sites (N-methyl/N-ethyl adjacent to an activating group) is 1. The zero-order chi connectivity index (χ0) is 21.8. The highest BCUT2D eigenvalue weighted by Gasteiger charge is 2.34. The Bertz CT molecular complexity index is 989. The summed E-state index contributed by atoms with van der Waals surface area (Å²) < 4.78 is 0. The van der Waals surface area contributed by atoms with Crippen LogP contribution in [-0.2, 0) is 9.59 Å². The lowest BCUT2D eigenvalue weighted by Gasteiger charge is -2.35. The first-order valence-electron chi connectivity index (χ1n) is 9.48. The lowest BCUT2D eigenvalue weighted by atomic mass is 10.1. The second kappa shape index (κ2) is 8.64. The minimum absolute atomic E-state index is 0.0118. The minimum atomic E-state index is -1.02. The fourth-order valence-corrected chi connectivity index (χ4v) is 3.39. The average molecular weight is 409 g/mol. The SMILES string of the molecule is CCN1C(=O)CN(N(CCC(=O)O)c2ccc(C(=N)N)cc2)C(=O)c2ccccc21. The van der Waals surface area contributed by atoms with Gasteiger partial charge in [-0.3, -0.25) is 24.8 Å². The molecule has 0 aromatic heterocycles. The first-order chi connectivity index (χ1) is 14.3. The topological polar surface area (TPSA) is 131 Å². The Labute approximate surface area is 173 Å². The number of nitrogen functional groups attached to an aromatic ring is 1. The van der Waals surface area contributed by atoms with Crippen molar-refractivity contribution in [1.29, 1.82) is 5.41 Å². The summed E-state index contributed by atoms with van der Waals surface area (Å²) in [4.78, 5) is 39.1. The van der Waals surface area contributed by atoms with E-state index < -0.39 is 11.9 Å². The molecule has 0 atom stereocenters. The number of carboxylic acids is 1. The van der Waals surface area contributed by atoms with Crippen LogP contribution in [0.1, 0.15) is 29.3 Å². The van der Waals surface area contributed by atoms with Gasteiger partial charge in [0.15, 0.2) is 0 Å². The van der Waals surface area contributed by atoms with Crippen molar-refractivity contribution >= 4 is 35.0 Å². The van der Waals surface area contributed by atoms with Crippen LogP contribution in [0.5, 0.6) is 0 Å². The maximum absolute atomic E-state index is 13.4. The molecule has 0 saturated heterocycles. The van der Waals surface area contributed by atoms with Crippen LogP contribution in [0.2, 0.25) is 0 Å². The number of nitrogens with one attached hydrogen (secondary N) is 1. The molecule has 0 bridgehead atoms. The number of carbonyl (C=O) groups is 3. The van der Waals surface area contributed by atoms with Crippen LogP contribution >= 0.6 is 0 Å². The van der Waals surface area contributed by atoms with E-state index >= 15 is 0 Å². The highest BCUT2D eigenvalue weighted by molar-refractivity contribution is 6.10. The Morgan fingerprint density at radius 3 is 2.43 bits per heavy atom. The molecule has 2 aromatic carbocycles. The molecule has 0 radical (unpaired) electrons. The number of aliphatic carboxylic acids is 1. The summed E-state index contributed by atoms with van der Waals surface area (Å²) in [5.74, 6) is -1.79. The van der Waals surface area contributed by atoms with Crippen LogP contribution in [0.15, 0.2) is 48.5 Å². The van der Waals surface area contributed by atoms with E-state index in [1.165, 1.54) is 10.0 Å². The van der Waals surface area contributed by atoms with Gasteiger partial charge in [0.2, 0.25) is 5.91 Å². The number of anilines is 2. The number of carbonyl (C=O) groups excluding carboxylic acids is 2. The van der Waals surface area contributed by atoms with Crippen LogP contribution in [0.25, 0.3) is 0 Å². The molecule has 1 heterocycles. The van der Waals surface area contributed by atoms with Crippen molar-refractivity contribution in [2.24, 2.45) is 5.73 Å². The van der Waals surface area contributed by atoms with Crippen LogP contribution < -0.4 is 15.6 Å². The molecule has 0 aliphatic carbocycles. The van der Waals surface area contributed by atoms with E-state index in [0.29, 0.717) is 29.0 Å². The van der Waals surface area contributed by atoms with Gasteiger partial charge in [0, 0.05) is 12.1 Å². The van der Waals surface area contributed by atoms with E-state index in [-0.39, 0.29) is 31.3 Å². The number of rotatable bonds is 7. The summed E-state index contributed by atoms with van der Waals surface area (Å²) in [5, 5.41) is 19.5. The van der Waals surface area contributed by atoms with Crippen molar-refractivity contribution in [1.82, 2.24) is 5.01 Å². The summed E-state index contributed by atoms with van der Waals surface area (Å²) in [6.45, 7) is 1.99. The third-order valence-corrected chi connectivity index (χ3v) is 4.87. The number of carboxylic acid groups (broad SMARTS) is 1. The number of amidine groups is 1. The molecule has 0 unspecified atom stereocenters. The van der Waals surface area contributed by atoms with E-state index in [1.54, 1.807) is 53.4 Å². The van der Waals surface area contributed by atoms with E-state index in [9.17, 15) is 19.5 Å². The van der Waals surface area contributed by atoms with Gasteiger partial charge < -0.3 is 15.7 Å². The van der Waals surface area contributed by atoms with Crippen molar-refractivity contribution in [2.75, 3.05) is 29.5 Å². The number of amides is 2. The average Bonchev–Trinajstić information content (AvgIpc) is 2.83. The smallest absolute Gasteiger partial charge is 0.305 e. The van der Waals surface area contributed by atoms with Crippen LogP contribution in [0, 0.1) is 5.41 Å². The molecule has 9 heteroatoms. The Balaban J connectivity index is 2.05. The van der Waals surface area contributed by atoms with Gasteiger partial charge >= 0.3 is 5.97 Å². The molecular formula is C21H23N5O4. The minimum Gasteiger partial charge on any atom is -0.481 e. The van der Waals surface area contributed by atoms with E-state index in [4.69, 9.17) is 11.1 Å². The summed E-state index contributed by atoms with van der Waals surface area (Å²) in [6.07, 6.45) is -0.231. The van der Waals surface area contributed by atoms with Crippen LogP contribution in [0.3, 0.4) is 0 Å². The van der Waals surface area contributed by atoms with Gasteiger partial charge in [-0.05, 0) is 43.3 Å². The van der Waals surface area contributed by atoms with Gasteiger partial charge in [-0.15, -0.1) is 0 Å². The first-order valence-corrected chi connectivity index (χ1v) is 9.48. The van der Waals surface area contributed by atoms with E-state index in [0.717, 1.165) is 0 Å². The van der Waals surface area contributed by atoms with Crippen LogP contribution in [0.4, 0.5) is 11.4 Å². The number of hydrogen-bond acceptors (Lipinski definition) is 5. The third kappa shape index (κ3) is 4.09. The number of fused-ring (bicyclic) bond motifs is 1. The second-order valence-corrected chi connectivity index (χ2v) is 6.75. The maximum Gasteiger partial charge on any atom is 0.305 e. The standard InChI is InChI=1S/C21H23N5O4/c1-2-24-17-6-4-3-5-16(17)21(30)26(13-18(24)27)25(12-11-19(28)29)15-9-7-14(8-10-15)20(22)23/h3-10H,2,11-13H2,1H3,(H3,22,23)(H,28,29). The Hall–Kier alpha value is -3.88. The second-order valence-electron chi connectivity index (χ2n) is 6.75. The molecule has 0 spiro atoms.